The molecule has 2 aliphatic rings. The third kappa shape index (κ3) is 7.20. The number of thioether (sulfide) groups is 1. The van der Waals surface area contributed by atoms with Gasteiger partial charge in [0.05, 0.1) is 10.4 Å². The fraction of sp³-hybridized carbons (Fsp3) is 0.429. The first-order chi connectivity index (χ1) is 18.1. The van der Waals surface area contributed by atoms with E-state index in [-0.39, 0.29) is 59.7 Å². The summed E-state index contributed by atoms with van der Waals surface area (Å²) in [4.78, 5) is 43.3. The Balaban J connectivity index is 1.68. The molecule has 2 aliphatic heterocycles. The van der Waals surface area contributed by atoms with Crippen LogP contribution in [0.15, 0.2) is 27.2 Å². The Morgan fingerprint density at radius 3 is 2.67 bits per heavy atom. The lowest BCUT2D eigenvalue weighted by Gasteiger charge is -2.34. The second-order valence-corrected chi connectivity index (χ2v) is 15.0. The van der Waals surface area contributed by atoms with Gasteiger partial charge >= 0.3 is 0 Å². The van der Waals surface area contributed by atoms with Crippen LogP contribution in [0.5, 0.6) is 0 Å². The van der Waals surface area contributed by atoms with Gasteiger partial charge in [-0.3, -0.25) is 19.8 Å². The zero-order valence-corrected chi connectivity index (χ0v) is 24.8. The van der Waals surface area contributed by atoms with Crippen LogP contribution in [0.25, 0.3) is 0 Å². The number of nitrogens with two attached hydrogens (primary N) is 3. The Hall–Kier alpha value is -2.44. The Bertz CT molecular complexity index is 1480. The van der Waals surface area contributed by atoms with Gasteiger partial charge in [0.2, 0.25) is 10.3 Å². The number of thiophene rings is 1. The monoisotopic (exact) mass is 636 g/mol. The number of nitrogens with zero attached hydrogens (tertiary/aromatic N) is 2. The van der Waals surface area contributed by atoms with Crippen LogP contribution in [0.4, 0.5) is 0 Å². The lowest BCUT2D eigenvalue weighted by molar-refractivity contribution is -0.125. The average Bonchev–Trinajstić information content (AvgIpc) is 3.41. The molecule has 3 rings (SSSR count). The number of allylic oxidation sites excluding steroid dienone is 1. The van der Waals surface area contributed by atoms with Crippen molar-refractivity contribution < 1.29 is 27.0 Å². The van der Waals surface area contributed by atoms with Gasteiger partial charge in [-0.05, 0) is 46.3 Å². The number of aliphatic imine (C=N–C) groups is 1. The number of hydrogen-bond donors (Lipinski definition) is 5. The Morgan fingerprint density at radius 1 is 1.38 bits per heavy atom. The van der Waals surface area contributed by atoms with Gasteiger partial charge in [-0.2, -0.15) is 4.99 Å². The number of Topliss-reactive ketones (excluding diaryl/α,β-unsaturated/α-hetero) is 1. The SMILES string of the molecule is CC(C)C(=O)[C@H]1C[C@@H](N/C=C(\N)CCCC(=O)N=C(N)SC(=N)S(N)(=O)=O)C2=[S-](=O)c3sc(Cl)cc3C(=O)N21. The predicted octanol–water partition coefficient (Wildman–Crippen LogP) is 1.03. The molecule has 0 bridgehead atoms. The summed E-state index contributed by atoms with van der Waals surface area (Å²) in [5.74, 6) is -1.55. The number of halogens is 1. The van der Waals surface area contributed by atoms with E-state index in [1.54, 1.807) is 13.8 Å². The number of carbonyl (C=O) groups is 3. The molecule has 2 atom stereocenters. The number of amides is 2. The summed E-state index contributed by atoms with van der Waals surface area (Å²) in [7, 11) is -5.94. The molecule has 0 radical (unpaired) electrons. The van der Waals surface area contributed by atoms with Crippen LogP contribution in [0, 0.1) is 11.3 Å². The highest BCUT2D eigenvalue weighted by atomic mass is 35.5. The van der Waals surface area contributed by atoms with Crippen molar-refractivity contribution in [3.05, 3.63) is 27.9 Å². The highest BCUT2D eigenvalue weighted by molar-refractivity contribution is 8.41. The van der Waals surface area contributed by atoms with Crippen molar-refractivity contribution in [3.8, 4) is 0 Å². The number of fused-ring (bicyclic) bond motifs is 2. The van der Waals surface area contributed by atoms with E-state index in [0.717, 1.165) is 11.3 Å². The molecule has 1 fully saturated rings. The van der Waals surface area contributed by atoms with Gasteiger partial charge in [-0.1, -0.05) is 25.4 Å². The normalized spacial score (nSPS) is 20.3. The van der Waals surface area contributed by atoms with E-state index in [1.807, 2.05) is 0 Å². The molecule has 0 unspecified atom stereocenters. The van der Waals surface area contributed by atoms with E-state index >= 15 is 0 Å². The van der Waals surface area contributed by atoms with Gasteiger partial charge < -0.3 is 25.9 Å². The summed E-state index contributed by atoms with van der Waals surface area (Å²) >= 11 is 7.39. The minimum Gasteiger partial charge on any atom is -0.455 e. The van der Waals surface area contributed by atoms with E-state index in [1.165, 1.54) is 17.2 Å². The molecule has 1 saturated heterocycles. The predicted molar refractivity (Wildman–Crippen MR) is 153 cm³/mol. The topological polar surface area (TPSA) is 232 Å². The van der Waals surface area contributed by atoms with Crippen LogP contribution in [0.1, 0.15) is 49.9 Å². The standard InChI is InChI=1S/C21H27ClN7O6S4/c1-9(2)16(31)13-7-12(18-29(13)17(32)11-6-14(22)36-19(11)38(18)33)27-8-10(23)4-3-5-15(30)28-20(24)37-21(25)39(26,34)35/h6,8-9,12-13,25,27H,3-5,7,23H2,1-2H3,(H2,24,28,30)(H2,26,34,35)/q-1/b10-8-,25-21?/t12-,13-/m1/s1. The number of amidine groups is 1. The number of primary sulfonamides is 1. The molecule has 3 heterocycles. The molecule has 2 amide bonds. The first-order valence-corrected chi connectivity index (χ1v) is 16.1. The Labute approximate surface area is 240 Å². The number of nitrogens with one attached hydrogen (secondary N) is 2. The molecule has 0 aromatic carbocycles. The summed E-state index contributed by atoms with van der Waals surface area (Å²) in [5.41, 5.74) is 12.1. The highest BCUT2D eigenvalue weighted by Gasteiger charge is 2.44. The van der Waals surface area contributed by atoms with Crippen LogP contribution in [-0.4, -0.2) is 57.5 Å². The fourth-order valence-electron chi connectivity index (χ4n) is 3.91. The summed E-state index contributed by atoms with van der Waals surface area (Å²) in [6.45, 7) is 3.47. The molecule has 214 valence electrons. The van der Waals surface area contributed by atoms with Crippen molar-refractivity contribution in [1.29, 1.82) is 5.41 Å². The van der Waals surface area contributed by atoms with Crippen LogP contribution in [-0.2, 0) is 34.2 Å². The first kappa shape index (κ1) is 31.1. The lowest BCUT2D eigenvalue weighted by atomic mass is 9.98. The average molecular weight is 637 g/mol. The number of ketones is 1. The quantitative estimate of drug-likeness (QED) is 0.118. The van der Waals surface area contributed by atoms with Crippen molar-refractivity contribution in [1.82, 2.24) is 10.2 Å². The van der Waals surface area contributed by atoms with Crippen LogP contribution in [0.3, 0.4) is 0 Å². The minimum atomic E-state index is -4.24. The summed E-state index contributed by atoms with van der Waals surface area (Å²) in [6.07, 6.45) is 2.19. The maximum absolute atomic E-state index is 13.4. The molecule has 0 saturated carbocycles. The van der Waals surface area contributed by atoms with E-state index in [2.05, 4.69) is 10.3 Å². The maximum atomic E-state index is 13.4. The highest BCUT2D eigenvalue weighted by Crippen LogP contribution is 2.37. The fourth-order valence-corrected chi connectivity index (χ4v) is 8.24. The van der Waals surface area contributed by atoms with E-state index < -0.39 is 53.9 Å². The molecule has 1 aromatic heterocycles. The second-order valence-electron chi connectivity index (χ2n) is 8.91. The molecule has 1 aromatic rings. The molecule has 8 N–H and O–H groups in total. The minimum absolute atomic E-state index is 0.0571. The molecular formula is C21H27ClN7O6S4-. The third-order valence-corrected chi connectivity index (χ3v) is 10.8. The van der Waals surface area contributed by atoms with Gasteiger partial charge in [0.25, 0.3) is 15.9 Å². The van der Waals surface area contributed by atoms with Crippen LogP contribution >= 0.6 is 34.7 Å². The van der Waals surface area contributed by atoms with E-state index in [4.69, 9.17) is 33.6 Å². The van der Waals surface area contributed by atoms with Crippen molar-refractivity contribution in [2.24, 2.45) is 27.5 Å². The second kappa shape index (κ2) is 12.4. The van der Waals surface area contributed by atoms with Gasteiger partial charge in [-0.15, -0.1) is 11.3 Å². The third-order valence-electron chi connectivity index (χ3n) is 5.70. The van der Waals surface area contributed by atoms with Crippen molar-refractivity contribution in [2.75, 3.05) is 0 Å². The van der Waals surface area contributed by atoms with Gasteiger partial charge in [0.15, 0.2) is 11.0 Å². The van der Waals surface area contributed by atoms with Crippen molar-refractivity contribution >= 4 is 87.2 Å². The van der Waals surface area contributed by atoms with Gasteiger partial charge in [0.1, 0.15) is 0 Å². The number of rotatable bonds is 8. The Kier molecular flexibility index (Phi) is 9.87. The van der Waals surface area contributed by atoms with Gasteiger partial charge in [-0.25, -0.2) is 23.9 Å². The summed E-state index contributed by atoms with van der Waals surface area (Å²) in [6, 6.07) is 0.0768. The number of hydrogen-bond acceptors (Lipinski definition) is 12. The summed E-state index contributed by atoms with van der Waals surface area (Å²) in [5, 5.41) is 14.7. The van der Waals surface area contributed by atoms with Gasteiger partial charge in [0, 0.05) is 35.8 Å². The van der Waals surface area contributed by atoms with Crippen molar-refractivity contribution in [3.63, 3.8) is 0 Å². The zero-order valence-electron chi connectivity index (χ0n) is 20.8. The molecular weight excluding hydrogens is 610 g/mol. The lowest BCUT2D eigenvalue weighted by Crippen LogP contribution is -2.48. The molecule has 39 heavy (non-hydrogen) atoms. The van der Waals surface area contributed by atoms with E-state index in [9.17, 15) is 27.0 Å². The Morgan fingerprint density at radius 2 is 2.05 bits per heavy atom. The van der Waals surface area contributed by atoms with Crippen molar-refractivity contribution in [2.45, 2.75) is 55.8 Å². The summed E-state index contributed by atoms with van der Waals surface area (Å²) < 4.78 is 35.3. The molecule has 0 spiro atoms. The molecule has 18 heteroatoms. The smallest absolute Gasteiger partial charge is 0.261 e. The van der Waals surface area contributed by atoms with Crippen LogP contribution in [0.2, 0.25) is 4.34 Å². The molecule has 13 nitrogen and oxygen atoms in total. The zero-order chi connectivity index (χ0) is 29.2. The number of carbonyl (C=O) groups excluding carboxylic acids is 3. The first-order valence-electron chi connectivity index (χ1n) is 11.4. The largest absolute Gasteiger partial charge is 0.455 e. The molecule has 0 aliphatic carbocycles. The van der Waals surface area contributed by atoms with Crippen LogP contribution < -0.4 is 21.9 Å². The number of sulfonamides is 1. The maximum Gasteiger partial charge on any atom is 0.261 e. The van der Waals surface area contributed by atoms with E-state index in [0.29, 0.717) is 14.2 Å².